The highest BCUT2D eigenvalue weighted by molar-refractivity contribution is 6.39. The van der Waals surface area contributed by atoms with Crippen LogP contribution in [0.1, 0.15) is 17.0 Å². The molecule has 1 heterocycles. The van der Waals surface area contributed by atoms with Gasteiger partial charge in [-0.2, -0.15) is 5.10 Å². The molecule has 1 aromatic heterocycles. The molecular formula is C23H24N4O4. The molecule has 0 spiro atoms. The molecule has 2 N–H and O–H groups in total. The molecule has 0 unspecified atom stereocenters. The topological polar surface area (TPSA) is 94.0 Å². The molecule has 0 aliphatic heterocycles. The number of benzene rings is 2. The second kappa shape index (κ2) is 9.62. The monoisotopic (exact) mass is 420 g/mol. The Labute approximate surface area is 180 Å². The highest BCUT2D eigenvalue weighted by Crippen LogP contribution is 2.22. The molecule has 31 heavy (non-hydrogen) atoms. The van der Waals surface area contributed by atoms with Gasteiger partial charge in [0.15, 0.2) is 0 Å². The van der Waals surface area contributed by atoms with Crippen molar-refractivity contribution in [3.63, 3.8) is 0 Å². The van der Waals surface area contributed by atoms with Crippen LogP contribution in [-0.2, 0) is 9.59 Å². The maximum atomic E-state index is 12.1. The van der Waals surface area contributed by atoms with Crippen LogP contribution in [0, 0.1) is 13.8 Å². The number of ether oxygens (including phenoxy) is 2. The summed E-state index contributed by atoms with van der Waals surface area (Å²) in [7, 11) is 3.15. The molecule has 3 aromatic rings. The van der Waals surface area contributed by atoms with Crippen LogP contribution in [0.4, 0.5) is 5.69 Å². The van der Waals surface area contributed by atoms with E-state index in [0.717, 1.165) is 28.4 Å². The van der Waals surface area contributed by atoms with E-state index in [2.05, 4.69) is 20.4 Å². The van der Waals surface area contributed by atoms with Gasteiger partial charge >= 0.3 is 11.8 Å². The smallest absolute Gasteiger partial charge is 0.329 e. The lowest BCUT2D eigenvalue weighted by Crippen LogP contribution is -2.32. The summed E-state index contributed by atoms with van der Waals surface area (Å²) in [6.07, 6.45) is 1.51. The second-order valence-corrected chi connectivity index (χ2v) is 6.75. The number of hydrogen-bond acceptors (Lipinski definition) is 5. The van der Waals surface area contributed by atoms with Gasteiger partial charge in [0, 0.05) is 34.4 Å². The average molecular weight is 420 g/mol. The van der Waals surface area contributed by atoms with Crippen molar-refractivity contribution in [3.8, 4) is 17.2 Å². The first-order valence-corrected chi connectivity index (χ1v) is 9.54. The molecule has 0 radical (unpaired) electrons. The Morgan fingerprint density at radius 3 is 2.32 bits per heavy atom. The van der Waals surface area contributed by atoms with Gasteiger partial charge in [-0.25, -0.2) is 5.43 Å². The Bertz CT molecular complexity index is 1120. The minimum Gasteiger partial charge on any atom is -0.497 e. The van der Waals surface area contributed by atoms with Crippen LogP contribution in [0.15, 0.2) is 59.7 Å². The van der Waals surface area contributed by atoms with Gasteiger partial charge in [0.25, 0.3) is 0 Å². The lowest BCUT2D eigenvalue weighted by molar-refractivity contribution is -0.136. The summed E-state index contributed by atoms with van der Waals surface area (Å²) in [5, 5.41) is 6.43. The van der Waals surface area contributed by atoms with E-state index < -0.39 is 11.8 Å². The van der Waals surface area contributed by atoms with Crippen molar-refractivity contribution in [2.75, 3.05) is 19.5 Å². The predicted octanol–water partition coefficient (Wildman–Crippen LogP) is 3.20. The van der Waals surface area contributed by atoms with E-state index >= 15 is 0 Å². The quantitative estimate of drug-likeness (QED) is 0.364. The Morgan fingerprint density at radius 1 is 0.935 bits per heavy atom. The molecule has 0 saturated carbocycles. The predicted molar refractivity (Wildman–Crippen MR) is 119 cm³/mol. The molecule has 0 atom stereocenters. The summed E-state index contributed by atoms with van der Waals surface area (Å²) < 4.78 is 12.4. The third kappa shape index (κ3) is 5.11. The zero-order chi connectivity index (χ0) is 22.4. The van der Waals surface area contributed by atoms with Crippen molar-refractivity contribution in [2.45, 2.75) is 13.8 Å². The Kier molecular flexibility index (Phi) is 6.71. The van der Waals surface area contributed by atoms with E-state index in [1.807, 2.05) is 44.2 Å². The van der Waals surface area contributed by atoms with Gasteiger partial charge < -0.3 is 19.4 Å². The maximum absolute atomic E-state index is 12.1. The molecule has 2 aromatic carbocycles. The molecular weight excluding hydrogens is 396 g/mol. The van der Waals surface area contributed by atoms with Crippen molar-refractivity contribution >= 4 is 23.7 Å². The van der Waals surface area contributed by atoms with Crippen LogP contribution < -0.4 is 20.2 Å². The largest absolute Gasteiger partial charge is 0.497 e. The van der Waals surface area contributed by atoms with E-state index in [9.17, 15) is 9.59 Å². The van der Waals surface area contributed by atoms with Crippen LogP contribution in [0.25, 0.3) is 5.69 Å². The number of anilines is 1. The lowest BCUT2D eigenvalue weighted by atomic mass is 10.2. The van der Waals surface area contributed by atoms with Crippen LogP contribution >= 0.6 is 0 Å². The Balaban J connectivity index is 1.66. The number of amides is 2. The van der Waals surface area contributed by atoms with Gasteiger partial charge in [-0.15, -0.1) is 0 Å². The number of hydrazone groups is 1. The molecule has 0 aliphatic rings. The Morgan fingerprint density at radius 2 is 1.65 bits per heavy atom. The first kappa shape index (κ1) is 21.6. The van der Waals surface area contributed by atoms with Gasteiger partial charge in [-0.1, -0.05) is 6.07 Å². The fraction of sp³-hybridized carbons (Fsp3) is 0.174. The normalized spacial score (nSPS) is 10.7. The summed E-state index contributed by atoms with van der Waals surface area (Å²) in [6, 6.07) is 16.4. The van der Waals surface area contributed by atoms with Crippen molar-refractivity contribution < 1.29 is 19.1 Å². The lowest BCUT2D eigenvalue weighted by Gasteiger charge is -2.10. The van der Waals surface area contributed by atoms with Crippen LogP contribution in [-0.4, -0.2) is 36.8 Å². The van der Waals surface area contributed by atoms with Gasteiger partial charge in [0.1, 0.15) is 11.5 Å². The first-order chi connectivity index (χ1) is 14.9. The van der Waals surface area contributed by atoms with Gasteiger partial charge in [0.05, 0.1) is 20.4 Å². The zero-order valence-corrected chi connectivity index (χ0v) is 17.8. The summed E-state index contributed by atoms with van der Waals surface area (Å²) >= 11 is 0. The summed E-state index contributed by atoms with van der Waals surface area (Å²) in [4.78, 5) is 24.1. The van der Waals surface area contributed by atoms with Gasteiger partial charge in [-0.3, -0.25) is 9.59 Å². The molecule has 0 aliphatic carbocycles. The summed E-state index contributed by atoms with van der Waals surface area (Å²) in [6.45, 7) is 3.94. The summed E-state index contributed by atoms with van der Waals surface area (Å²) in [5.74, 6) is -0.344. The first-order valence-electron chi connectivity index (χ1n) is 9.54. The van der Waals surface area contributed by atoms with Crippen molar-refractivity contribution in [3.05, 3.63) is 71.5 Å². The fourth-order valence-electron chi connectivity index (χ4n) is 3.15. The van der Waals surface area contributed by atoms with E-state index in [1.54, 1.807) is 31.4 Å². The third-order valence-electron chi connectivity index (χ3n) is 4.70. The molecule has 160 valence electrons. The molecule has 0 bridgehead atoms. The number of carbonyl (C=O) groups is 2. The van der Waals surface area contributed by atoms with Crippen molar-refractivity contribution in [1.29, 1.82) is 0 Å². The highest BCUT2D eigenvalue weighted by atomic mass is 16.5. The molecule has 3 rings (SSSR count). The highest BCUT2D eigenvalue weighted by Gasteiger charge is 2.14. The third-order valence-corrected chi connectivity index (χ3v) is 4.70. The average Bonchev–Trinajstić information content (AvgIpc) is 3.06. The number of aromatic nitrogens is 1. The molecule has 8 nitrogen and oxygen atoms in total. The number of rotatable bonds is 6. The van der Waals surface area contributed by atoms with Crippen LogP contribution in [0.2, 0.25) is 0 Å². The number of carbonyl (C=O) groups excluding carboxylic acids is 2. The van der Waals surface area contributed by atoms with E-state index in [4.69, 9.17) is 9.47 Å². The minimum absolute atomic E-state index is 0.450. The van der Waals surface area contributed by atoms with Crippen molar-refractivity contribution in [1.82, 2.24) is 9.99 Å². The van der Waals surface area contributed by atoms with Gasteiger partial charge in [-0.05, 0) is 56.3 Å². The fourth-order valence-corrected chi connectivity index (χ4v) is 3.15. The molecule has 0 saturated heterocycles. The van der Waals surface area contributed by atoms with Crippen LogP contribution in [0.5, 0.6) is 11.5 Å². The standard InChI is InChI=1S/C23H24N4O4/c1-15-12-17(16(2)27(15)19-8-10-20(30-3)11-9-19)14-24-26-23(29)22(28)25-18-6-5-7-21(13-18)31-4/h5-14H,1-4H3,(H,25,28)(H,26,29)/b24-14-. The number of nitrogens with zero attached hydrogens (tertiary/aromatic N) is 2. The summed E-state index contributed by atoms with van der Waals surface area (Å²) in [5.41, 5.74) is 6.46. The molecule has 2 amide bonds. The molecule has 0 fully saturated rings. The van der Waals surface area contributed by atoms with E-state index in [1.165, 1.54) is 13.3 Å². The number of aryl methyl sites for hydroxylation is 1. The van der Waals surface area contributed by atoms with Crippen LogP contribution in [0.3, 0.4) is 0 Å². The minimum atomic E-state index is -0.872. The van der Waals surface area contributed by atoms with E-state index in [0.29, 0.717) is 11.4 Å². The van der Waals surface area contributed by atoms with Gasteiger partial charge in [0.2, 0.25) is 0 Å². The number of methoxy groups -OCH3 is 2. The SMILES string of the molecule is COc1ccc(-n2c(C)cc(/C=N\NC(=O)C(=O)Nc3cccc(OC)c3)c2C)cc1. The molecule has 8 heteroatoms. The van der Waals surface area contributed by atoms with E-state index in [-0.39, 0.29) is 0 Å². The second-order valence-electron chi connectivity index (χ2n) is 6.75. The van der Waals surface area contributed by atoms with Crippen molar-refractivity contribution in [2.24, 2.45) is 5.10 Å². The number of hydrogen-bond donors (Lipinski definition) is 2. The Hall–Kier alpha value is -4.07. The maximum Gasteiger partial charge on any atom is 0.329 e. The number of nitrogens with one attached hydrogen (secondary N) is 2. The zero-order valence-electron chi connectivity index (χ0n) is 17.8.